The van der Waals surface area contributed by atoms with E-state index in [0.29, 0.717) is 51.4 Å². The zero-order valence-electron chi connectivity index (χ0n) is 79.7. The normalized spacial score (nSPS) is 48.7. The Balaban J connectivity index is 0.748. The second-order valence-electron chi connectivity index (χ2n) is 42.6. The highest BCUT2D eigenvalue weighted by molar-refractivity contribution is 5.80. The third-order valence-corrected chi connectivity index (χ3v) is 33.3. The quantitative estimate of drug-likeness (QED) is 0.00924. The van der Waals surface area contributed by atoms with Gasteiger partial charge >= 0.3 is 23.9 Å². The van der Waals surface area contributed by atoms with E-state index in [1.807, 2.05) is 20.8 Å². The SMILES string of the molecule is CC[C@H](C)[C@H](C[C@H](O)CC(=O)OC1C(C)OC(OC(=O)[C@]23CCC(C)(C)CC2C2=CCC4[C@@]5(C)CC[C@H](OC6OC(C(=O)O)C(O)C(OC7OCC(O)C(O)C7O)C6OC6OC(CO)C(O)C(O)C6O)[C@@](C)(C=O)C5CC[C@@]4(C)[C@]2(C)C[C@H]3O)C(OC2OC(C)C(OC3OCC(O)C(OC4OCC(O)(CO)C4O)C3O)C(O)C2O)C1O)OC(=O)C[C@@H](O)C[C@H](OC1OC(CO)C(O)C1O)[C@@H](C)CC. The number of aldehydes is 1. The summed E-state index contributed by atoms with van der Waals surface area (Å²) >= 11 is 0. The molecule has 0 aromatic carbocycles. The Kier molecular flexibility index (Phi) is 35.5. The highest BCUT2D eigenvalue weighted by Gasteiger charge is 2.74. The number of hydrogen-bond donors (Lipinski definition) is 23. The minimum Gasteiger partial charge on any atom is -0.479 e. The number of fused-ring (bicyclic) bond motifs is 7. The van der Waals surface area contributed by atoms with Crippen molar-refractivity contribution in [2.75, 3.05) is 39.6 Å². The third-order valence-electron chi connectivity index (χ3n) is 33.3. The van der Waals surface area contributed by atoms with Crippen LogP contribution in [0.4, 0.5) is 0 Å². The van der Waals surface area contributed by atoms with Gasteiger partial charge in [-0.05, 0) is 123 Å². The predicted molar refractivity (Wildman–Crippen MR) is 458 cm³/mol. The van der Waals surface area contributed by atoms with E-state index in [4.69, 9.17) is 85.3 Å². The molecule has 38 unspecified atom stereocenters. The molecule has 13 rings (SSSR count). The second-order valence-corrected chi connectivity index (χ2v) is 42.6. The van der Waals surface area contributed by atoms with Crippen LogP contribution in [0.1, 0.15) is 179 Å². The average molecular weight is 1990 g/mol. The molecule has 0 spiro atoms. The zero-order chi connectivity index (χ0) is 101. The van der Waals surface area contributed by atoms with E-state index in [1.165, 1.54) is 13.8 Å². The van der Waals surface area contributed by atoms with Crippen molar-refractivity contribution in [1.82, 2.24) is 0 Å². The van der Waals surface area contributed by atoms with Crippen LogP contribution in [0.2, 0.25) is 0 Å². The molecule has 8 saturated heterocycles. The average Bonchev–Trinajstić information content (AvgIpc) is 0.726. The number of carbonyl (C=O) groups excluding carboxylic acids is 4. The number of esters is 3. The minimum atomic E-state index is -2.27. The van der Waals surface area contributed by atoms with Crippen LogP contribution in [0.25, 0.3) is 0 Å². The van der Waals surface area contributed by atoms with Crippen LogP contribution in [-0.4, -0.2) is 439 Å². The molecule has 46 nitrogen and oxygen atoms in total. The lowest BCUT2D eigenvalue weighted by atomic mass is 9.33. The number of ether oxygens (including phenoxy) is 18. The van der Waals surface area contributed by atoms with Gasteiger partial charge in [-0.3, -0.25) is 14.4 Å². The molecule has 46 heteroatoms. The van der Waals surface area contributed by atoms with Gasteiger partial charge < -0.3 is 208 Å². The van der Waals surface area contributed by atoms with Gasteiger partial charge in [-0.25, -0.2) is 4.79 Å². The molecular weight excluding hydrogens is 1840 g/mol. The van der Waals surface area contributed by atoms with E-state index >= 15 is 4.79 Å². The van der Waals surface area contributed by atoms with Gasteiger partial charge in [0.25, 0.3) is 0 Å². The van der Waals surface area contributed by atoms with Crippen LogP contribution < -0.4 is 0 Å². The molecule has 13 aliphatic rings. The molecule has 8 aliphatic heterocycles. The lowest BCUT2D eigenvalue weighted by molar-refractivity contribution is -0.391. The number of carboxylic acid groups (broad SMARTS) is 1. The predicted octanol–water partition coefficient (Wildman–Crippen LogP) is -5.69. The lowest BCUT2D eigenvalue weighted by Gasteiger charge is -2.71. The zero-order valence-corrected chi connectivity index (χ0v) is 79.7. The molecule has 138 heavy (non-hydrogen) atoms. The number of carbonyl (C=O) groups is 5. The summed E-state index contributed by atoms with van der Waals surface area (Å²) in [5.74, 6) is -7.25. The molecule has 23 N–H and O–H groups in total. The molecule has 792 valence electrons. The number of hydrogen-bond acceptors (Lipinski definition) is 45. The monoisotopic (exact) mass is 1990 g/mol. The molecule has 12 fully saturated rings. The van der Waals surface area contributed by atoms with Gasteiger partial charge in [0.1, 0.15) is 152 Å². The Bertz CT molecular complexity index is 4100. The highest BCUT2D eigenvalue weighted by atomic mass is 16.8. The fraction of sp³-hybridized carbons (Fsp3) is 0.924. The van der Waals surface area contributed by atoms with Crippen molar-refractivity contribution in [3.63, 3.8) is 0 Å². The van der Waals surface area contributed by atoms with E-state index in [9.17, 15) is 137 Å². The number of allylic oxidation sites excluding steroid dienone is 2. The van der Waals surface area contributed by atoms with Gasteiger partial charge in [-0.2, -0.15) is 0 Å². The first kappa shape index (κ1) is 111. The Labute approximate surface area is 797 Å². The fourth-order valence-electron chi connectivity index (χ4n) is 24.1. The summed E-state index contributed by atoms with van der Waals surface area (Å²) in [5, 5.41) is 256. The number of aliphatic hydroxyl groups excluding tert-OH is 21. The van der Waals surface area contributed by atoms with Gasteiger partial charge in [-0.1, -0.05) is 93.7 Å². The topological polar surface area (TPSA) is 717 Å². The number of aliphatic carboxylic acids is 1. The van der Waals surface area contributed by atoms with Crippen LogP contribution in [0.5, 0.6) is 0 Å². The van der Waals surface area contributed by atoms with Gasteiger partial charge in [-0.15, -0.1) is 0 Å². The summed E-state index contributed by atoms with van der Waals surface area (Å²) in [6.45, 7) is 17.6. The first-order chi connectivity index (χ1) is 64.8. The number of aliphatic hydroxyl groups is 22. The fourth-order valence-corrected chi connectivity index (χ4v) is 24.1. The van der Waals surface area contributed by atoms with Gasteiger partial charge in [0.15, 0.2) is 62.3 Å². The van der Waals surface area contributed by atoms with Crippen LogP contribution in [0.3, 0.4) is 0 Å². The van der Waals surface area contributed by atoms with E-state index in [2.05, 4.69) is 26.8 Å². The largest absolute Gasteiger partial charge is 0.479 e. The summed E-state index contributed by atoms with van der Waals surface area (Å²) in [6, 6.07) is 0. The van der Waals surface area contributed by atoms with Crippen LogP contribution in [0.15, 0.2) is 11.6 Å². The summed E-state index contributed by atoms with van der Waals surface area (Å²) in [4.78, 5) is 72.1. The maximum absolute atomic E-state index is 16.4. The Morgan fingerprint density at radius 3 is 1.69 bits per heavy atom. The Hall–Kier alpha value is -4.19. The summed E-state index contributed by atoms with van der Waals surface area (Å²) in [6.07, 6.45) is -66.5. The summed E-state index contributed by atoms with van der Waals surface area (Å²) in [7, 11) is 0. The van der Waals surface area contributed by atoms with Crippen molar-refractivity contribution in [3.8, 4) is 0 Å². The first-order valence-corrected chi connectivity index (χ1v) is 48.3. The maximum atomic E-state index is 16.4. The third kappa shape index (κ3) is 21.4. The second kappa shape index (κ2) is 44.1. The molecule has 0 bridgehead atoms. The van der Waals surface area contributed by atoms with Gasteiger partial charge in [0.2, 0.25) is 6.29 Å². The minimum absolute atomic E-state index is 0.0127. The van der Waals surface area contributed by atoms with Crippen molar-refractivity contribution in [2.24, 2.45) is 62.1 Å². The molecule has 0 amide bonds. The molecule has 8 heterocycles. The van der Waals surface area contributed by atoms with Crippen LogP contribution in [0, 0.1) is 62.1 Å². The summed E-state index contributed by atoms with van der Waals surface area (Å²) < 4.78 is 108. The number of carboxylic acids is 1. The van der Waals surface area contributed by atoms with E-state index in [-0.39, 0.29) is 43.9 Å². The van der Waals surface area contributed by atoms with Crippen LogP contribution in [-0.2, 0) is 109 Å². The Morgan fingerprint density at radius 1 is 0.507 bits per heavy atom. The van der Waals surface area contributed by atoms with Crippen LogP contribution >= 0.6 is 0 Å². The highest BCUT2D eigenvalue weighted by Crippen LogP contribution is 2.76. The first-order valence-electron chi connectivity index (χ1n) is 48.3. The molecule has 4 saturated carbocycles. The Morgan fingerprint density at radius 2 is 1.06 bits per heavy atom. The molecule has 0 radical (unpaired) electrons. The standard InChI is InChI=1S/C92H148O46/c1-13-36(3)46(126-54(102)25-41(98)24-47(37(4)14-2)127-80-62(110)58(106)49(30-94)128-80)23-40(97)26-55(103)131-69-39(6)125-82(73(65(69)113)136-79-64(112)60(108)68(38(5)124-79)132-78-67(115)70(45(100)32-122-78)133-84-75(116)91(120,34-96)35-123-84)138-85(119)92-22-21-86(7,8)27-43(92)42-15-16-51-87(9)19-18-53(88(10,33-95)50(87)17-20-89(51,11)90(42,12)28-52(92)101)130-83-74(137-81-63(111)59(107)57(105)48(29-93)129-81)71(66(114)72(135-83)76(117)118)134-77-61(109)56(104)44(99)31-121-77/h15,33,36-41,43-53,56-75,77-84,93-94,96-101,104-116,120H,13-14,16-32,34-35H2,1-12H3,(H,117,118)/t36-,37-,38?,39?,40-,41-,43?,44?,45?,46-,47-,48?,49?,50?,51?,52+,53-,56?,57?,58?,59?,60?,61?,62?,63?,64?,65?,66?,67?,68?,69?,70?,71?,72?,73?,74?,75?,77?,78?,79?,80?,81?,82?,83?,84?,87-,88-,89+,90+,91?,92+/m0/s1. The molecule has 0 aromatic heterocycles. The van der Waals surface area contributed by atoms with Crippen molar-refractivity contribution in [3.05, 3.63) is 11.6 Å². The molecule has 5 aliphatic carbocycles. The van der Waals surface area contributed by atoms with Gasteiger partial charge in [0, 0.05) is 12.8 Å². The van der Waals surface area contributed by atoms with E-state index in [1.54, 1.807) is 27.7 Å². The van der Waals surface area contributed by atoms with Gasteiger partial charge in [0.05, 0.1) is 101 Å². The molecular formula is C92H148O46. The smallest absolute Gasteiger partial charge is 0.335 e. The molecule has 0 aromatic rings. The van der Waals surface area contributed by atoms with E-state index in [0.717, 1.165) is 11.9 Å². The summed E-state index contributed by atoms with van der Waals surface area (Å²) in [5.41, 5.74) is -7.70. The van der Waals surface area contributed by atoms with E-state index < -0.39 is 378 Å². The van der Waals surface area contributed by atoms with Crippen molar-refractivity contribution in [2.45, 2.75) is 431 Å². The van der Waals surface area contributed by atoms with Crippen molar-refractivity contribution >= 4 is 30.2 Å². The lowest BCUT2D eigenvalue weighted by Crippen LogP contribution is -2.69. The van der Waals surface area contributed by atoms with Crippen molar-refractivity contribution < 1.29 is 227 Å². The number of rotatable bonds is 35. The molecule has 51 atom stereocenters. The van der Waals surface area contributed by atoms with Crippen molar-refractivity contribution in [1.29, 1.82) is 0 Å². The maximum Gasteiger partial charge on any atom is 0.335 e.